The molecule has 0 fully saturated rings. The van der Waals surface area contributed by atoms with E-state index in [-0.39, 0.29) is 17.9 Å². The molecule has 1 aromatic rings. The van der Waals surface area contributed by atoms with E-state index in [1.165, 1.54) is 0 Å². The van der Waals surface area contributed by atoms with Crippen LogP contribution in [0, 0.1) is 5.92 Å². The van der Waals surface area contributed by atoms with Gasteiger partial charge in [-0.05, 0) is 36.6 Å². The molecule has 0 radical (unpaired) electrons. The number of fused-ring (bicyclic) bond motifs is 1. The summed E-state index contributed by atoms with van der Waals surface area (Å²) < 4.78 is 0. The summed E-state index contributed by atoms with van der Waals surface area (Å²) in [6, 6.07) is 3.65. The number of rotatable bonds is 2. The van der Waals surface area contributed by atoms with Crippen LogP contribution in [0.4, 0.5) is 0 Å². The maximum Gasteiger partial charge on any atom is 0.227 e. The molecule has 1 heterocycles. The quantitative estimate of drug-likeness (QED) is 0.912. The van der Waals surface area contributed by atoms with Crippen molar-refractivity contribution < 1.29 is 4.79 Å². The molecule has 19 heavy (non-hydrogen) atoms. The number of amides is 1. The fraction of sp³-hybridized carbons (Fsp3) is 0.500. The van der Waals surface area contributed by atoms with Gasteiger partial charge in [0.05, 0.1) is 6.04 Å². The third kappa shape index (κ3) is 2.73. The molecule has 0 aliphatic carbocycles. The minimum atomic E-state index is -0.154. The Kier molecular flexibility index (Phi) is 4.39. The van der Waals surface area contributed by atoms with Crippen molar-refractivity contribution in [3.63, 3.8) is 0 Å². The zero-order valence-electron chi connectivity index (χ0n) is 11.1. The summed E-state index contributed by atoms with van der Waals surface area (Å²) in [6.07, 6.45) is 0.763. The Bertz CT molecular complexity index is 504. The highest BCUT2D eigenvalue weighted by molar-refractivity contribution is 6.35. The van der Waals surface area contributed by atoms with Crippen LogP contribution in [-0.4, -0.2) is 23.9 Å². The lowest BCUT2D eigenvalue weighted by Crippen LogP contribution is -2.43. The highest BCUT2D eigenvalue weighted by atomic mass is 35.5. The average Bonchev–Trinajstić information content (AvgIpc) is 2.38. The lowest BCUT2D eigenvalue weighted by atomic mass is 9.92. The van der Waals surface area contributed by atoms with Crippen LogP contribution in [0.25, 0.3) is 0 Å². The second-order valence-corrected chi connectivity index (χ2v) is 5.89. The number of hydrogen-bond donors (Lipinski definition) is 1. The summed E-state index contributed by atoms with van der Waals surface area (Å²) >= 11 is 12.3. The Morgan fingerprint density at radius 3 is 2.84 bits per heavy atom. The minimum absolute atomic E-state index is 0.0125. The maximum absolute atomic E-state index is 12.3. The normalized spacial score (nSPS) is 20.1. The smallest absolute Gasteiger partial charge is 0.227 e. The van der Waals surface area contributed by atoms with Gasteiger partial charge in [-0.1, -0.05) is 30.1 Å². The van der Waals surface area contributed by atoms with Gasteiger partial charge in [0.2, 0.25) is 5.91 Å². The van der Waals surface area contributed by atoms with Crippen molar-refractivity contribution in [2.24, 2.45) is 11.7 Å². The topological polar surface area (TPSA) is 46.3 Å². The molecule has 5 heteroatoms. The van der Waals surface area contributed by atoms with E-state index >= 15 is 0 Å². The molecule has 0 aromatic heterocycles. The predicted molar refractivity (Wildman–Crippen MR) is 78.5 cm³/mol. The molecule has 2 atom stereocenters. The van der Waals surface area contributed by atoms with Gasteiger partial charge in [-0.25, -0.2) is 0 Å². The number of benzene rings is 1. The molecule has 3 nitrogen and oxygen atoms in total. The van der Waals surface area contributed by atoms with Crippen LogP contribution >= 0.6 is 23.2 Å². The van der Waals surface area contributed by atoms with Gasteiger partial charge in [-0.15, -0.1) is 0 Å². The predicted octanol–water partition coefficient (Wildman–Crippen LogP) is 3.03. The van der Waals surface area contributed by atoms with Crippen molar-refractivity contribution in [2.75, 3.05) is 13.1 Å². The molecule has 2 N–H and O–H groups in total. The van der Waals surface area contributed by atoms with Crippen molar-refractivity contribution in [3.8, 4) is 0 Å². The zero-order chi connectivity index (χ0) is 14.2. The minimum Gasteiger partial charge on any atom is -0.335 e. The summed E-state index contributed by atoms with van der Waals surface area (Å²) in [7, 11) is 0. The largest absolute Gasteiger partial charge is 0.335 e. The summed E-state index contributed by atoms with van der Waals surface area (Å²) in [5.74, 6) is -0.0598. The van der Waals surface area contributed by atoms with Gasteiger partial charge >= 0.3 is 0 Å². The van der Waals surface area contributed by atoms with Crippen LogP contribution in [0.3, 0.4) is 0 Å². The molecule has 0 bridgehead atoms. The second-order valence-electron chi connectivity index (χ2n) is 5.05. The average molecular weight is 301 g/mol. The van der Waals surface area contributed by atoms with E-state index in [1.807, 2.05) is 24.8 Å². The zero-order valence-corrected chi connectivity index (χ0v) is 12.6. The van der Waals surface area contributed by atoms with Crippen molar-refractivity contribution in [3.05, 3.63) is 33.3 Å². The van der Waals surface area contributed by atoms with E-state index in [0.29, 0.717) is 23.1 Å². The molecular formula is C14H18Cl2N2O. The number of nitrogens with zero attached hydrogens (tertiary/aromatic N) is 1. The third-order valence-electron chi connectivity index (χ3n) is 3.77. The van der Waals surface area contributed by atoms with Gasteiger partial charge in [0, 0.05) is 29.1 Å². The first kappa shape index (κ1) is 14.6. The molecule has 0 saturated carbocycles. The highest BCUT2D eigenvalue weighted by Crippen LogP contribution is 2.36. The monoisotopic (exact) mass is 300 g/mol. The second kappa shape index (κ2) is 5.70. The Balaban J connectivity index is 2.34. The van der Waals surface area contributed by atoms with Gasteiger partial charge in [0.15, 0.2) is 0 Å². The molecular weight excluding hydrogens is 283 g/mol. The van der Waals surface area contributed by atoms with Gasteiger partial charge in [-0.2, -0.15) is 0 Å². The van der Waals surface area contributed by atoms with Gasteiger partial charge in [0.1, 0.15) is 0 Å². The molecule has 1 amide bonds. The first-order chi connectivity index (χ1) is 8.95. The molecule has 104 valence electrons. The van der Waals surface area contributed by atoms with Gasteiger partial charge < -0.3 is 10.6 Å². The van der Waals surface area contributed by atoms with Crippen LogP contribution < -0.4 is 5.73 Å². The Hall–Kier alpha value is -0.770. The van der Waals surface area contributed by atoms with Crippen molar-refractivity contribution in [2.45, 2.75) is 26.3 Å². The van der Waals surface area contributed by atoms with Crippen molar-refractivity contribution in [1.29, 1.82) is 0 Å². The van der Waals surface area contributed by atoms with E-state index in [0.717, 1.165) is 17.5 Å². The molecule has 0 saturated heterocycles. The molecule has 2 rings (SSSR count). The fourth-order valence-electron chi connectivity index (χ4n) is 2.54. The van der Waals surface area contributed by atoms with Crippen LogP contribution in [0.15, 0.2) is 12.1 Å². The molecule has 0 spiro atoms. The summed E-state index contributed by atoms with van der Waals surface area (Å²) in [4.78, 5) is 14.2. The number of carbonyl (C=O) groups is 1. The first-order valence-electron chi connectivity index (χ1n) is 6.44. The van der Waals surface area contributed by atoms with E-state index in [9.17, 15) is 4.79 Å². The van der Waals surface area contributed by atoms with Crippen molar-refractivity contribution >= 4 is 29.1 Å². The lowest BCUT2D eigenvalue weighted by molar-refractivity contribution is -0.137. The third-order valence-corrected chi connectivity index (χ3v) is 4.33. The van der Waals surface area contributed by atoms with Crippen molar-refractivity contribution in [1.82, 2.24) is 4.90 Å². The van der Waals surface area contributed by atoms with Gasteiger partial charge in [0.25, 0.3) is 0 Å². The molecule has 1 aliphatic rings. The maximum atomic E-state index is 12.3. The number of carbonyl (C=O) groups excluding carboxylic acids is 1. The van der Waals surface area contributed by atoms with Gasteiger partial charge in [-0.3, -0.25) is 4.79 Å². The Labute approximate surface area is 123 Å². The lowest BCUT2D eigenvalue weighted by Gasteiger charge is -2.37. The Morgan fingerprint density at radius 2 is 2.21 bits per heavy atom. The van der Waals surface area contributed by atoms with E-state index in [2.05, 4.69) is 0 Å². The van der Waals surface area contributed by atoms with E-state index in [4.69, 9.17) is 28.9 Å². The Morgan fingerprint density at radius 1 is 1.53 bits per heavy atom. The van der Waals surface area contributed by atoms with Crippen LogP contribution in [0.5, 0.6) is 0 Å². The molecule has 1 aromatic carbocycles. The van der Waals surface area contributed by atoms with Crippen LogP contribution in [0.2, 0.25) is 10.0 Å². The van der Waals surface area contributed by atoms with E-state index in [1.54, 1.807) is 6.07 Å². The SMILES string of the molecule is CC(CN)C(=O)N1CCc2c(Cl)cc(Cl)cc2C1C. The van der Waals surface area contributed by atoms with Crippen LogP contribution in [0.1, 0.15) is 31.0 Å². The number of nitrogens with two attached hydrogens (primary N) is 1. The number of hydrogen-bond acceptors (Lipinski definition) is 2. The summed E-state index contributed by atoms with van der Waals surface area (Å²) in [6.45, 7) is 4.91. The fourth-order valence-corrected chi connectivity index (χ4v) is 3.14. The summed E-state index contributed by atoms with van der Waals surface area (Å²) in [5.41, 5.74) is 7.72. The standard InChI is InChI=1S/C14H18Cl2N2O/c1-8(7-17)14(19)18-4-3-11-12(9(18)2)5-10(15)6-13(11)16/h5-6,8-9H,3-4,7,17H2,1-2H3. The summed E-state index contributed by atoms with van der Waals surface area (Å²) in [5, 5.41) is 1.30. The van der Waals surface area contributed by atoms with E-state index < -0.39 is 0 Å². The molecule has 2 unspecified atom stereocenters. The first-order valence-corrected chi connectivity index (χ1v) is 7.19. The number of halogens is 2. The molecule has 1 aliphatic heterocycles. The highest BCUT2D eigenvalue weighted by Gasteiger charge is 2.30. The van der Waals surface area contributed by atoms with Crippen LogP contribution in [-0.2, 0) is 11.2 Å².